The van der Waals surface area contributed by atoms with Gasteiger partial charge in [0.2, 0.25) is 0 Å². The lowest BCUT2D eigenvalue weighted by Gasteiger charge is -2.25. The van der Waals surface area contributed by atoms with Gasteiger partial charge >= 0.3 is 0 Å². The van der Waals surface area contributed by atoms with Gasteiger partial charge < -0.3 is 4.74 Å². The summed E-state index contributed by atoms with van der Waals surface area (Å²) in [6.45, 7) is 8.01. The number of likely N-dealkylation sites (N-methyl/N-ethyl adjacent to an activating group) is 1. The van der Waals surface area contributed by atoms with E-state index in [1.807, 2.05) is 12.1 Å². The molecule has 96 valence electrons. The van der Waals surface area contributed by atoms with Crippen molar-refractivity contribution in [3.63, 3.8) is 0 Å². The fraction of sp³-hybridized carbons (Fsp3) is 0.571. The molecule has 17 heavy (non-hydrogen) atoms. The van der Waals surface area contributed by atoms with Gasteiger partial charge in [-0.1, -0.05) is 23.7 Å². The molecule has 1 atom stereocenters. The van der Waals surface area contributed by atoms with Gasteiger partial charge in [0.25, 0.3) is 0 Å². The Hall–Kier alpha value is -0.570. The fourth-order valence-electron chi connectivity index (χ4n) is 1.62. The summed E-state index contributed by atoms with van der Waals surface area (Å²) in [5, 5.41) is 0.784. The molecule has 0 aliphatic rings. The highest BCUT2D eigenvalue weighted by atomic mass is 35.5. The fourth-order valence-corrected chi connectivity index (χ4v) is 1.75. The summed E-state index contributed by atoms with van der Waals surface area (Å²) < 4.78 is 5.55. The number of benzene rings is 1. The molecule has 0 aromatic heterocycles. The molecule has 0 aliphatic carbocycles. The third kappa shape index (κ3) is 5.07. The molecule has 0 heterocycles. The second-order valence-corrected chi connectivity index (χ2v) is 5.06. The third-order valence-electron chi connectivity index (χ3n) is 2.91. The minimum Gasteiger partial charge on any atom is -0.377 e. The molecule has 2 nitrogen and oxygen atoms in total. The van der Waals surface area contributed by atoms with Crippen molar-refractivity contribution in [3.8, 4) is 0 Å². The van der Waals surface area contributed by atoms with Crippen molar-refractivity contribution in [2.75, 3.05) is 20.2 Å². The number of hydrogen-bond donors (Lipinski definition) is 0. The van der Waals surface area contributed by atoms with Gasteiger partial charge in [0, 0.05) is 17.6 Å². The Morgan fingerprint density at radius 3 is 2.29 bits per heavy atom. The summed E-state index contributed by atoms with van der Waals surface area (Å²) in [5.41, 5.74) is 1.28. The summed E-state index contributed by atoms with van der Waals surface area (Å²) in [4.78, 5) is 2.28. The average molecular weight is 256 g/mol. The molecule has 0 N–H and O–H groups in total. The van der Waals surface area contributed by atoms with Gasteiger partial charge in [-0.25, -0.2) is 0 Å². The van der Waals surface area contributed by atoms with E-state index in [0.29, 0.717) is 12.1 Å². The zero-order valence-electron chi connectivity index (χ0n) is 11.1. The zero-order chi connectivity index (χ0) is 12.8. The first kappa shape index (κ1) is 14.5. The largest absolute Gasteiger partial charge is 0.377 e. The highest BCUT2D eigenvalue weighted by Crippen LogP contribution is 2.20. The number of halogens is 1. The Morgan fingerprint density at radius 2 is 1.76 bits per heavy atom. The minimum absolute atomic E-state index is 0.300. The molecule has 0 amide bonds. The zero-order valence-corrected chi connectivity index (χ0v) is 11.9. The number of nitrogens with zero attached hydrogens (tertiary/aromatic N) is 1. The van der Waals surface area contributed by atoms with Gasteiger partial charge in [0.05, 0.1) is 12.7 Å². The van der Waals surface area contributed by atoms with Crippen molar-refractivity contribution in [2.24, 2.45) is 0 Å². The minimum atomic E-state index is 0.300. The predicted molar refractivity (Wildman–Crippen MR) is 73.6 cm³/mol. The van der Waals surface area contributed by atoms with Gasteiger partial charge in [0.15, 0.2) is 0 Å². The number of rotatable bonds is 6. The van der Waals surface area contributed by atoms with Crippen LogP contribution in [0, 0.1) is 0 Å². The highest BCUT2D eigenvalue weighted by molar-refractivity contribution is 6.30. The van der Waals surface area contributed by atoms with Crippen LogP contribution in [0.1, 0.15) is 32.4 Å². The first-order chi connectivity index (χ1) is 8.00. The molecular weight excluding hydrogens is 234 g/mol. The van der Waals surface area contributed by atoms with E-state index in [1.165, 1.54) is 5.56 Å². The first-order valence-electron chi connectivity index (χ1n) is 6.08. The smallest absolute Gasteiger partial charge is 0.0597 e. The molecule has 3 heteroatoms. The highest BCUT2D eigenvalue weighted by Gasteiger charge is 2.11. The van der Waals surface area contributed by atoms with Gasteiger partial charge in [-0.3, -0.25) is 4.90 Å². The van der Waals surface area contributed by atoms with E-state index in [2.05, 4.69) is 44.9 Å². The van der Waals surface area contributed by atoms with E-state index < -0.39 is 0 Å². The Kier molecular flexibility index (Phi) is 5.96. The lowest BCUT2D eigenvalue weighted by atomic mass is 10.1. The van der Waals surface area contributed by atoms with Crippen LogP contribution in [0.5, 0.6) is 0 Å². The van der Waals surface area contributed by atoms with E-state index >= 15 is 0 Å². The topological polar surface area (TPSA) is 12.5 Å². The second kappa shape index (κ2) is 7.00. The third-order valence-corrected chi connectivity index (χ3v) is 3.16. The normalized spacial score (nSPS) is 13.4. The van der Waals surface area contributed by atoms with Crippen LogP contribution in [0.4, 0.5) is 0 Å². The molecule has 0 saturated heterocycles. The monoisotopic (exact) mass is 255 g/mol. The van der Waals surface area contributed by atoms with Crippen LogP contribution in [0.15, 0.2) is 24.3 Å². The van der Waals surface area contributed by atoms with Crippen LogP contribution in [0.3, 0.4) is 0 Å². The summed E-state index contributed by atoms with van der Waals surface area (Å²) in [5.74, 6) is 0. The van der Waals surface area contributed by atoms with E-state index in [-0.39, 0.29) is 0 Å². The summed E-state index contributed by atoms with van der Waals surface area (Å²) in [6, 6.07) is 8.40. The molecule has 0 bridgehead atoms. The van der Waals surface area contributed by atoms with Crippen LogP contribution in [0.2, 0.25) is 5.02 Å². The van der Waals surface area contributed by atoms with E-state index in [4.69, 9.17) is 16.3 Å². The van der Waals surface area contributed by atoms with Crippen molar-refractivity contribution >= 4 is 11.6 Å². The van der Waals surface area contributed by atoms with Crippen LogP contribution >= 0.6 is 11.6 Å². The molecule has 1 aromatic carbocycles. The van der Waals surface area contributed by atoms with Crippen molar-refractivity contribution < 1.29 is 4.74 Å². The molecule has 1 aromatic rings. The van der Waals surface area contributed by atoms with Gasteiger partial charge in [-0.15, -0.1) is 0 Å². The molecule has 0 radical (unpaired) electrons. The Labute approximate surface area is 110 Å². The first-order valence-corrected chi connectivity index (χ1v) is 6.46. The number of hydrogen-bond acceptors (Lipinski definition) is 2. The van der Waals surface area contributed by atoms with Crippen molar-refractivity contribution in [3.05, 3.63) is 34.9 Å². The molecule has 0 saturated carbocycles. The van der Waals surface area contributed by atoms with Crippen molar-refractivity contribution in [2.45, 2.75) is 32.9 Å². The lowest BCUT2D eigenvalue weighted by molar-refractivity contribution is 0.0573. The van der Waals surface area contributed by atoms with E-state index in [0.717, 1.165) is 18.2 Å². The SMILES string of the molecule is CC(C)OCCN(C)C(C)c1ccc(Cl)cc1. The lowest BCUT2D eigenvalue weighted by Crippen LogP contribution is -2.27. The molecule has 0 fully saturated rings. The van der Waals surface area contributed by atoms with Gasteiger partial charge in [0.1, 0.15) is 0 Å². The maximum Gasteiger partial charge on any atom is 0.0597 e. The average Bonchev–Trinajstić information content (AvgIpc) is 2.28. The summed E-state index contributed by atoms with van der Waals surface area (Å²) in [7, 11) is 2.11. The molecular formula is C14H22ClNO. The summed E-state index contributed by atoms with van der Waals surface area (Å²) in [6.07, 6.45) is 0.300. The standard InChI is InChI=1S/C14H22ClNO/c1-11(2)17-10-9-16(4)12(3)13-5-7-14(15)8-6-13/h5-8,11-12H,9-10H2,1-4H3. The summed E-state index contributed by atoms with van der Waals surface area (Å²) >= 11 is 5.88. The Morgan fingerprint density at radius 1 is 1.18 bits per heavy atom. The quantitative estimate of drug-likeness (QED) is 0.768. The Balaban J connectivity index is 2.45. The van der Waals surface area contributed by atoms with Gasteiger partial charge in [-0.2, -0.15) is 0 Å². The van der Waals surface area contributed by atoms with Crippen molar-refractivity contribution in [1.82, 2.24) is 4.90 Å². The Bertz CT molecular complexity index is 323. The van der Waals surface area contributed by atoms with Crippen LogP contribution < -0.4 is 0 Å². The molecule has 1 rings (SSSR count). The van der Waals surface area contributed by atoms with Crippen LogP contribution in [0.25, 0.3) is 0 Å². The number of ether oxygens (including phenoxy) is 1. The maximum absolute atomic E-state index is 5.88. The van der Waals surface area contributed by atoms with E-state index in [1.54, 1.807) is 0 Å². The maximum atomic E-state index is 5.88. The second-order valence-electron chi connectivity index (χ2n) is 4.63. The predicted octanol–water partition coefficient (Wildman–Crippen LogP) is 3.76. The van der Waals surface area contributed by atoms with Crippen LogP contribution in [-0.2, 0) is 4.74 Å². The van der Waals surface area contributed by atoms with Crippen molar-refractivity contribution in [1.29, 1.82) is 0 Å². The van der Waals surface area contributed by atoms with Crippen LogP contribution in [-0.4, -0.2) is 31.2 Å². The molecule has 0 aliphatic heterocycles. The van der Waals surface area contributed by atoms with E-state index in [9.17, 15) is 0 Å². The molecule has 0 spiro atoms. The molecule has 1 unspecified atom stereocenters. The van der Waals surface area contributed by atoms with Gasteiger partial charge in [-0.05, 0) is 45.5 Å².